The zero-order chi connectivity index (χ0) is 18.1. The van der Waals surface area contributed by atoms with Gasteiger partial charge in [0.25, 0.3) is 10.1 Å². The van der Waals surface area contributed by atoms with Gasteiger partial charge in [-0.2, -0.15) is 8.42 Å². The van der Waals surface area contributed by atoms with E-state index in [-0.39, 0.29) is 24.7 Å². The van der Waals surface area contributed by atoms with Crippen LogP contribution in [-0.2, 0) is 25.6 Å². The molecule has 0 aliphatic heterocycles. The molecule has 0 radical (unpaired) electrons. The number of aliphatic hydroxyl groups excluding tert-OH is 1. The number of aryl methyl sites for hydroxylation is 1. The SMILES string of the molecule is Cc1ccc(S(=O)(=O)OCCOCCOc2ccc(CO)cc2)cc1. The predicted octanol–water partition coefficient (Wildman–Crippen LogP) is 2.29. The number of benzene rings is 2. The molecule has 136 valence electrons. The highest BCUT2D eigenvalue weighted by Crippen LogP contribution is 2.13. The molecule has 0 aliphatic carbocycles. The van der Waals surface area contributed by atoms with Crippen LogP contribution in [-0.4, -0.2) is 40.0 Å². The molecular formula is C18H22O6S. The summed E-state index contributed by atoms with van der Waals surface area (Å²) >= 11 is 0. The van der Waals surface area contributed by atoms with Crippen LogP contribution < -0.4 is 4.74 Å². The van der Waals surface area contributed by atoms with Crippen molar-refractivity contribution < 1.29 is 27.2 Å². The van der Waals surface area contributed by atoms with Gasteiger partial charge < -0.3 is 14.6 Å². The van der Waals surface area contributed by atoms with Crippen LogP contribution in [0.3, 0.4) is 0 Å². The molecule has 0 aromatic heterocycles. The maximum atomic E-state index is 11.9. The van der Waals surface area contributed by atoms with Crippen molar-refractivity contribution in [1.29, 1.82) is 0 Å². The maximum absolute atomic E-state index is 11.9. The van der Waals surface area contributed by atoms with E-state index >= 15 is 0 Å². The van der Waals surface area contributed by atoms with Gasteiger partial charge in [0.05, 0.1) is 31.3 Å². The van der Waals surface area contributed by atoms with Gasteiger partial charge in [0.2, 0.25) is 0 Å². The van der Waals surface area contributed by atoms with E-state index in [1.165, 1.54) is 12.1 Å². The summed E-state index contributed by atoms with van der Waals surface area (Å²) in [6.07, 6.45) is 0. The summed E-state index contributed by atoms with van der Waals surface area (Å²) in [6.45, 7) is 2.63. The van der Waals surface area contributed by atoms with E-state index in [1.54, 1.807) is 36.4 Å². The summed E-state index contributed by atoms with van der Waals surface area (Å²) in [5.41, 5.74) is 1.80. The fraction of sp³-hybridized carbons (Fsp3) is 0.333. The summed E-state index contributed by atoms with van der Waals surface area (Å²) < 4.78 is 39.6. The second kappa shape index (κ2) is 9.53. The molecule has 0 saturated heterocycles. The van der Waals surface area contributed by atoms with E-state index in [0.29, 0.717) is 19.0 Å². The van der Waals surface area contributed by atoms with Gasteiger partial charge in [0, 0.05) is 0 Å². The zero-order valence-corrected chi connectivity index (χ0v) is 14.9. The second-order valence-corrected chi connectivity index (χ2v) is 6.97. The molecule has 2 rings (SSSR count). The van der Waals surface area contributed by atoms with E-state index in [2.05, 4.69) is 0 Å². The molecule has 0 amide bonds. The summed E-state index contributed by atoms with van der Waals surface area (Å²) in [4.78, 5) is 0.132. The molecule has 1 N–H and O–H groups in total. The lowest BCUT2D eigenvalue weighted by molar-refractivity contribution is 0.0779. The highest BCUT2D eigenvalue weighted by Gasteiger charge is 2.14. The molecule has 2 aromatic carbocycles. The molecule has 0 bridgehead atoms. The average molecular weight is 366 g/mol. The van der Waals surface area contributed by atoms with Crippen LogP contribution in [0.15, 0.2) is 53.4 Å². The minimum Gasteiger partial charge on any atom is -0.491 e. The Morgan fingerprint density at radius 3 is 2.16 bits per heavy atom. The van der Waals surface area contributed by atoms with E-state index in [9.17, 15) is 8.42 Å². The summed E-state index contributed by atoms with van der Waals surface area (Å²) in [5.74, 6) is 0.680. The van der Waals surface area contributed by atoms with Gasteiger partial charge in [-0.05, 0) is 36.8 Å². The van der Waals surface area contributed by atoms with Crippen molar-refractivity contribution in [2.24, 2.45) is 0 Å². The minimum absolute atomic E-state index is 0.00507. The van der Waals surface area contributed by atoms with Crippen LogP contribution in [0.2, 0.25) is 0 Å². The van der Waals surface area contributed by atoms with Crippen molar-refractivity contribution in [2.75, 3.05) is 26.4 Å². The van der Waals surface area contributed by atoms with Crippen LogP contribution in [0, 0.1) is 6.92 Å². The highest BCUT2D eigenvalue weighted by molar-refractivity contribution is 7.86. The summed E-state index contributed by atoms with van der Waals surface area (Å²) in [5, 5.41) is 8.95. The first kappa shape index (κ1) is 19.4. The first-order valence-corrected chi connectivity index (χ1v) is 9.28. The van der Waals surface area contributed by atoms with Gasteiger partial charge in [-0.25, -0.2) is 0 Å². The average Bonchev–Trinajstić information content (AvgIpc) is 2.62. The molecule has 0 heterocycles. The number of hydrogen-bond donors (Lipinski definition) is 1. The largest absolute Gasteiger partial charge is 0.491 e. The zero-order valence-electron chi connectivity index (χ0n) is 14.1. The Morgan fingerprint density at radius 2 is 1.52 bits per heavy atom. The Labute approximate surface area is 148 Å². The smallest absolute Gasteiger partial charge is 0.297 e. The molecule has 0 fully saturated rings. The van der Waals surface area contributed by atoms with Crippen molar-refractivity contribution in [1.82, 2.24) is 0 Å². The van der Waals surface area contributed by atoms with Gasteiger partial charge in [-0.3, -0.25) is 4.18 Å². The molecular weight excluding hydrogens is 344 g/mol. The van der Waals surface area contributed by atoms with Crippen LogP contribution in [0.1, 0.15) is 11.1 Å². The van der Waals surface area contributed by atoms with Gasteiger partial charge in [0.15, 0.2) is 0 Å². The fourth-order valence-electron chi connectivity index (χ4n) is 1.99. The molecule has 7 heteroatoms. The molecule has 0 unspecified atom stereocenters. The topological polar surface area (TPSA) is 82.1 Å². The first-order chi connectivity index (χ1) is 12.0. The second-order valence-electron chi connectivity index (χ2n) is 5.35. The lowest BCUT2D eigenvalue weighted by Crippen LogP contribution is -2.14. The van der Waals surface area contributed by atoms with Crippen molar-refractivity contribution in [3.63, 3.8) is 0 Å². The number of hydrogen-bond acceptors (Lipinski definition) is 6. The standard InChI is InChI=1S/C18H22O6S/c1-15-2-8-18(9-3-15)25(20,21)24-13-11-22-10-12-23-17-6-4-16(14-19)5-7-17/h2-9,19H,10-14H2,1H3. The quantitative estimate of drug-likeness (QED) is 0.513. The predicted molar refractivity (Wildman–Crippen MR) is 93.0 cm³/mol. The first-order valence-electron chi connectivity index (χ1n) is 7.88. The maximum Gasteiger partial charge on any atom is 0.297 e. The van der Waals surface area contributed by atoms with Crippen molar-refractivity contribution in [2.45, 2.75) is 18.4 Å². The Morgan fingerprint density at radius 1 is 0.880 bits per heavy atom. The monoisotopic (exact) mass is 366 g/mol. The van der Waals surface area contributed by atoms with E-state index in [0.717, 1.165) is 11.1 Å². The number of rotatable bonds is 10. The molecule has 6 nitrogen and oxygen atoms in total. The van der Waals surface area contributed by atoms with E-state index in [4.69, 9.17) is 18.8 Å². The molecule has 0 spiro atoms. The van der Waals surface area contributed by atoms with Gasteiger partial charge in [-0.15, -0.1) is 0 Å². The van der Waals surface area contributed by atoms with Gasteiger partial charge >= 0.3 is 0 Å². The Kier molecular flexibility index (Phi) is 7.39. The van der Waals surface area contributed by atoms with Crippen LogP contribution in [0.25, 0.3) is 0 Å². The molecule has 0 atom stereocenters. The molecule has 0 aliphatic rings. The fourth-order valence-corrected chi connectivity index (χ4v) is 2.88. The molecule has 0 saturated carbocycles. The van der Waals surface area contributed by atoms with Crippen molar-refractivity contribution in [3.8, 4) is 5.75 Å². The summed E-state index contributed by atoms with van der Waals surface area (Å²) in [7, 11) is -3.75. The Bertz CT molecular complexity index is 738. The van der Waals surface area contributed by atoms with Gasteiger partial charge in [-0.1, -0.05) is 29.8 Å². The van der Waals surface area contributed by atoms with E-state index in [1.807, 2.05) is 6.92 Å². The third-order valence-electron chi connectivity index (χ3n) is 3.38. The third kappa shape index (κ3) is 6.47. The Balaban J connectivity index is 1.62. The van der Waals surface area contributed by atoms with Gasteiger partial charge in [0.1, 0.15) is 12.4 Å². The highest BCUT2D eigenvalue weighted by atomic mass is 32.2. The molecule has 2 aromatic rings. The minimum atomic E-state index is -3.75. The third-order valence-corrected chi connectivity index (χ3v) is 4.70. The Hall–Kier alpha value is -1.93. The van der Waals surface area contributed by atoms with Crippen LogP contribution in [0.5, 0.6) is 5.75 Å². The normalized spacial score (nSPS) is 11.4. The van der Waals surface area contributed by atoms with Crippen LogP contribution >= 0.6 is 0 Å². The van der Waals surface area contributed by atoms with Crippen molar-refractivity contribution in [3.05, 3.63) is 59.7 Å². The number of ether oxygens (including phenoxy) is 2. The lowest BCUT2D eigenvalue weighted by atomic mass is 10.2. The lowest BCUT2D eigenvalue weighted by Gasteiger charge is -2.08. The summed E-state index contributed by atoms with van der Waals surface area (Å²) in [6, 6.07) is 13.6. The van der Waals surface area contributed by atoms with E-state index < -0.39 is 10.1 Å². The number of aliphatic hydroxyl groups is 1. The molecule has 25 heavy (non-hydrogen) atoms. The van der Waals surface area contributed by atoms with Crippen molar-refractivity contribution >= 4 is 10.1 Å². The van der Waals surface area contributed by atoms with Crippen LogP contribution in [0.4, 0.5) is 0 Å².